The SMILES string of the molecule is COC(=O)[C@H]1CCCC[C@H]1NCc1ccc(F)cc1. The van der Waals surface area contributed by atoms with Crippen molar-refractivity contribution in [2.24, 2.45) is 5.92 Å². The lowest BCUT2D eigenvalue weighted by molar-refractivity contribution is -0.147. The maximum Gasteiger partial charge on any atom is 0.310 e. The van der Waals surface area contributed by atoms with Crippen molar-refractivity contribution in [3.63, 3.8) is 0 Å². The van der Waals surface area contributed by atoms with E-state index in [9.17, 15) is 9.18 Å². The fourth-order valence-corrected chi connectivity index (χ4v) is 2.66. The zero-order chi connectivity index (χ0) is 13.7. The molecule has 1 N–H and O–H groups in total. The van der Waals surface area contributed by atoms with Crippen molar-refractivity contribution in [3.05, 3.63) is 35.6 Å². The molecule has 19 heavy (non-hydrogen) atoms. The van der Waals surface area contributed by atoms with E-state index in [0.29, 0.717) is 6.54 Å². The molecule has 1 fully saturated rings. The largest absolute Gasteiger partial charge is 0.469 e. The van der Waals surface area contributed by atoms with E-state index >= 15 is 0 Å². The van der Waals surface area contributed by atoms with Gasteiger partial charge < -0.3 is 10.1 Å². The zero-order valence-electron chi connectivity index (χ0n) is 11.2. The standard InChI is InChI=1S/C15H20FNO2/c1-19-15(18)13-4-2-3-5-14(13)17-10-11-6-8-12(16)9-7-11/h6-9,13-14,17H,2-5,10H2,1H3/t13-,14+/m0/s1. The molecule has 1 saturated carbocycles. The molecule has 1 aromatic carbocycles. The molecular weight excluding hydrogens is 245 g/mol. The lowest BCUT2D eigenvalue weighted by Crippen LogP contribution is -2.42. The average molecular weight is 265 g/mol. The first-order valence-electron chi connectivity index (χ1n) is 6.76. The summed E-state index contributed by atoms with van der Waals surface area (Å²) in [6, 6.07) is 6.59. The van der Waals surface area contributed by atoms with Crippen molar-refractivity contribution in [1.82, 2.24) is 5.32 Å². The summed E-state index contributed by atoms with van der Waals surface area (Å²) in [4.78, 5) is 11.7. The number of esters is 1. The third kappa shape index (κ3) is 3.77. The quantitative estimate of drug-likeness (QED) is 0.851. The summed E-state index contributed by atoms with van der Waals surface area (Å²) in [7, 11) is 1.44. The second-order valence-electron chi connectivity index (χ2n) is 5.03. The summed E-state index contributed by atoms with van der Waals surface area (Å²) in [5.41, 5.74) is 1.02. The summed E-state index contributed by atoms with van der Waals surface area (Å²) in [6.45, 7) is 0.651. The molecular formula is C15H20FNO2. The first kappa shape index (κ1) is 14.0. The monoisotopic (exact) mass is 265 g/mol. The van der Waals surface area contributed by atoms with E-state index in [1.807, 2.05) is 0 Å². The Hall–Kier alpha value is -1.42. The predicted molar refractivity (Wildman–Crippen MR) is 71.0 cm³/mol. The lowest BCUT2D eigenvalue weighted by Gasteiger charge is -2.30. The molecule has 0 saturated heterocycles. The highest BCUT2D eigenvalue weighted by molar-refractivity contribution is 5.73. The van der Waals surface area contributed by atoms with Crippen LogP contribution in [-0.4, -0.2) is 19.1 Å². The Bertz CT molecular complexity index is 419. The van der Waals surface area contributed by atoms with E-state index in [-0.39, 0.29) is 23.7 Å². The minimum absolute atomic E-state index is 0.0563. The van der Waals surface area contributed by atoms with Crippen LogP contribution in [0.3, 0.4) is 0 Å². The van der Waals surface area contributed by atoms with Crippen molar-refractivity contribution < 1.29 is 13.9 Å². The van der Waals surface area contributed by atoms with Gasteiger partial charge >= 0.3 is 5.97 Å². The smallest absolute Gasteiger partial charge is 0.310 e. The van der Waals surface area contributed by atoms with Crippen LogP contribution in [-0.2, 0) is 16.1 Å². The summed E-state index contributed by atoms with van der Waals surface area (Å²) in [5.74, 6) is -0.413. The average Bonchev–Trinajstić information content (AvgIpc) is 2.46. The fourth-order valence-electron chi connectivity index (χ4n) is 2.66. The molecule has 2 atom stereocenters. The number of benzene rings is 1. The van der Waals surface area contributed by atoms with Gasteiger partial charge in [0.15, 0.2) is 0 Å². The van der Waals surface area contributed by atoms with E-state index in [1.165, 1.54) is 19.2 Å². The first-order chi connectivity index (χ1) is 9.20. The zero-order valence-corrected chi connectivity index (χ0v) is 11.2. The summed E-state index contributed by atoms with van der Waals surface area (Å²) < 4.78 is 17.7. The van der Waals surface area contributed by atoms with Crippen LogP contribution < -0.4 is 5.32 Å². The van der Waals surface area contributed by atoms with E-state index < -0.39 is 0 Å². The van der Waals surface area contributed by atoms with E-state index in [4.69, 9.17) is 4.74 Å². The summed E-state index contributed by atoms with van der Waals surface area (Å²) in [6.07, 6.45) is 4.08. The Morgan fingerprint density at radius 1 is 1.32 bits per heavy atom. The van der Waals surface area contributed by atoms with Gasteiger partial charge in [-0.1, -0.05) is 25.0 Å². The highest BCUT2D eigenvalue weighted by atomic mass is 19.1. The van der Waals surface area contributed by atoms with Crippen molar-refractivity contribution >= 4 is 5.97 Å². The number of carbonyl (C=O) groups excluding carboxylic acids is 1. The highest BCUT2D eigenvalue weighted by Crippen LogP contribution is 2.25. The fraction of sp³-hybridized carbons (Fsp3) is 0.533. The number of rotatable bonds is 4. The molecule has 0 aromatic heterocycles. The van der Waals surface area contributed by atoms with Crippen molar-refractivity contribution in [2.45, 2.75) is 38.3 Å². The van der Waals surface area contributed by atoms with Gasteiger partial charge in [-0.2, -0.15) is 0 Å². The molecule has 0 amide bonds. The summed E-state index contributed by atoms with van der Waals surface area (Å²) >= 11 is 0. The number of ether oxygens (including phenoxy) is 1. The number of carbonyl (C=O) groups is 1. The van der Waals surface area contributed by atoms with Gasteiger partial charge in [0.2, 0.25) is 0 Å². The van der Waals surface area contributed by atoms with Crippen LogP contribution in [0.15, 0.2) is 24.3 Å². The van der Waals surface area contributed by atoms with Crippen molar-refractivity contribution in [2.75, 3.05) is 7.11 Å². The van der Waals surface area contributed by atoms with E-state index in [1.54, 1.807) is 12.1 Å². The Kier molecular flexibility index (Phi) is 4.91. The molecule has 0 aliphatic heterocycles. The number of hydrogen-bond acceptors (Lipinski definition) is 3. The molecule has 0 bridgehead atoms. The maximum atomic E-state index is 12.8. The lowest BCUT2D eigenvalue weighted by atomic mass is 9.84. The van der Waals surface area contributed by atoms with Gasteiger partial charge in [-0.3, -0.25) is 4.79 Å². The number of halogens is 1. The van der Waals surface area contributed by atoms with Gasteiger partial charge in [0.05, 0.1) is 13.0 Å². The molecule has 104 valence electrons. The Morgan fingerprint density at radius 3 is 2.68 bits per heavy atom. The molecule has 1 aliphatic carbocycles. The minimum atomic E-state index is -0.228. The summed E-state index contributed by atoms with van der Waals surface area (Å²) in [5, 5.41) is 3.40. The van der Waals surface area contributed by atoms with Crippen LogP contribution in [0.4, 0.5) is 4.39 Å². The molecule has 0 radical (unpaired) electrons. The Balaban J connectivity index is 1.92. The normalized spacial score (nSPS) is 23.1. The first-order valence-corrected chi connectivity index (χ1v) is 6.76. The maximum absolute atomic E-state index is 12.8. The van der Waals surface area contributed by atoms with Crippen LogP contribution in [0.2, 0.25) is 0 Å². The highest BCUT2D eigenvalue weighted by Gasteiger charge is 2.31. The molecule has 3 nitrogen and oxygen atoms in total. The molecule has 2 rings (SSSR count). The van der Waals surface area contributed by atoms with Crippen molar-refractivity contribution in [1.29, 1.82) is 0 Å². The Morgan fingerprint density at radius 2 is 2.00 bits per heavy atom. The van der Waals surface area contributed by atoms with Crippen LogP contribution in [0.5, 0.6) is 0 Å². The van der Waals surface area contributed by atoms with Gasteiger partial charge in [0.25, 0.3) is 0 Å². The van der Waals surface area contributed by atoms with Crippen LogP contribution in [0.1, 0.15) is 31.2 Å². The van der Waals surface area contributed by atoms with Crippen LogP contribution in [0, 0.1) is 11.7 Å². The van der Waals surface area contributed by atoms with Gasteiger partial charge in [0, 0.05) is 12.6 Å². The molecule has 0 heterocycles. The van der Waals surface area contributed by atoms with Crippen LogP contribution >= 0.6 is 0 Å². The Labute approximate surface area is 113 Å². The van der Waals surface area contributed by atoms with E-state index in [2.05, 4.69) is 5.32 Å². The number of methoxy groups -OCH3 is 1. The van der Waals surface area contributed by atoms with Crippen molar-refractivity contribution in [3.8, 4) is 0 Å². The van der Waals surface area contributed by atoms with Crippen LogP contribution in [0.25, 0.3) is 0 Å². The third-order valence-electron chi connectivity index (χ3n) is 3.75. The van der Waals surface area contributed by atoms with Gasteiger partial charge in [-0.15, -0.1) is 0 Å². The molecule has 1 aliphatic rings. The van der Waals surface area contributed by atoms with Gasteiger partial charge in [-0.05, 0) is 30.5 Å². The molecule has 4 heteroatoms. The molecule has 0 spiro atoms. The van der Waals surface area contributed by atoms with Gasteiger partial charge in [0.1, 0.15) is 5.82 Å². The number of nitrogens with one attached hydrogen (secondary N) is 1. The minimum Gasteiger partial charge on any atom is -0.469 e. The molecule has 0 unspecified atom stereocenters. The third-order valence-corrected chi connectivity index (χ3v) is 3.75. The second-order valence-corrected chi connectivity index (χ2v) is 5.03. The molecule has 1 aromatic rings. The topological polar surface area (TPSA) is 38.3 Å². The second kappa shape index (κ2) is 6.66. The van der Waals surface area contributed by atoms with E-state index in [0.717, 1.165) is 31.2 Å². The van der Waals surface area contributed by atoms with Gasteiger partial charge in [-0.25, -0.2) is 4.39 Å². The number of hydrogen-bond donors (Lipinski definition) is 1. The predicted octanol–water partition coefficient (Wildman–Crippen LogP) is 2.65.